The molecule has 0 aliphatic carbocycles. The lowest BCUT2D eigenvalue weighted by Gasteiger charge is -2.11. The first-order valence-electron chi connectivity index (χ1n) is 7.74. The fourth-order valence-corrected chi connectivity index (χ4v) is 3.22. The molecule has 0 unspecified atom stereocenters. The smallest absolute Gasteiger partial charge is 0.267 e. The summed E-state index contributed by atoms with van der Waals surface area (Å²) in [5, 5.41) is 11.8. The number of aromatic nitrogens is 7. The predicted octanol–water partition coefficient (Wildman–Crippen LogP) is 2.47. The highest BCUT2D eigenvalue weighted by Crippen LogP contribution is 2.31. The van der Waals surface area contributed by atoms with Crippen LogP contribution in [0.5, 0.6) is 0 Å². The Hall–Kier alpha value is -3.52. The summed E-state index contributed by atoms with van der Waals surface area (Å²) in [5.41, 5.74) is 1.48. The van der Waals surface area contributed by atoms with Crippen LogP contribution in [0.3, 0.4) is 0 Å². The van der Waals surface area contributed by atoms with Crippen LogP contribution in [-0.4, -0.2) is 34.3 Å². The van der Waals surface area contributed by atoms with E-state index >= 15 is 0 Å². The zero-order chi connectivity index (χ0) is 17.7. The third kappa shape index (κ3) is 2.06. The van der Waals surface area contributed by atoms with Gasteiger partial charge >= 0.3 is 0 Å². The van der Waals surface area contributed by atoms with E-state index in [9.17, 15) is 4.79 Å². The SMILES string of the molecule is O=c1c2c(-c3ccccc3Cl)n3ncnc3nc2ccn1-c1ccn[nH]1. The van der Waals surface area contributed by atoms with E-state index in [0.29, 0.717) is 38.8 Å². The number of hydrogen-bond donors (Lipinski definition) is 1. The van der Waals surface area contributed by atoms with E-state index in [-0.39, 0.29) is 5.56 Å². The van der Waals surface area contributed by atoms with Gasteiger partial charge in [-0.2, -0.15) is 19.7 Å². The predicted molar refractivity (Wildman–Crippen MR) is 96.5 cm³/mol. The van der Waals surface area contributed by atoms with E-state index in [2.05, 4.69) is 25.3 Å². The second-order valence-corrected chi connectivity index (χ2v) is 6.01. The number of benzene rings is 1. The Kier molecular flexibility index (Phi) is 3.13. The third-order valence-corrected chi connectivity index (χ3v) is 4.47. The number of halogens is 1. The number of rotatable bonds is 2. The van der Waals surface area contributed by atoms with Crippen molar-refractivity contribution in [3.8, 4) is 17.1 Å². The maximum absolute atomic E-state index is 13.3. The molecule has 0 radical (unpaired) electrons. The molecule has 0 amide bonds. The highest BCUT2D eigenvalue weighted by Gasteiger charge is 2.19. The van der Waals surface area contributed by atoms with Crippen molar-refractivity contribution >= 4 is 28.3 Å². The van der Waals surface area contributed by atoms with Crippen LogP contribution in [0.25, 0.3) is 33.8 Å². The van der Waals surface area contributed by atoms with Crippen LogP contribution >= 0.6 is 11.6 Å². The Morgan fingerprint density at radius 3 is 2.81 bits per heavy atom. The summed E-state index contributed by atoms with van der Waals surface area (Å²) < 4.78 is 3.00. The van der Waals surface area contributed by atoms with Gasteiger partial charge in [0.25, 0.3) is 11.3 Å². The van der Waals surface area contributed by atoms with E-state index in [1.165, 1.54) is 15.4 Å². The average molecular weight is 364 g/mol. The summed E-state index contributed by atoms with van der Waals surface area (Å²) in [6, 6.07) is 10.8. The molecular formula is C17H10ClN7O. The van der Waals surface area contributed by atoms with Gasteiger partial charge in [0.2, 0.25) is 0 Å². The van der Waals surface area contributed by atoms with E-state index in [1.54, 1.807) is 30.6 Å². The normalized spacial score (nSPS) is 11.4. The highest BCUT2D eigenvalue weighted by atomic mass is 35.5. The Morgan fingerprint density at radius 2 is 2.00 bits per heavy atom. The monoisotopic (exact) mass is 363 g/mol. The van der Waals surface area contributed by atoms with Crippen molar-refractivity contribution in [2.45, 2.75) is 0 Å². The molecule has 0 spiro atoms. The van der Waals surface area contributed by atoms with Crippen molar-refractivity contribution in [3.63, 3.8) is 0 Å². The van der Waals surface area contributed by atoms with Gasteiger partial charge in [0.05, 0.1) is 22.8 Å². The van der Waals surface area contributed by atoms with Gasteiger partial charge in [-0.1, -0.05) is 29.8 Å². The molecule has 5 rings (SSSR count). The fraction of sp³-hybridized carbons (Fsp3) is 0. The average Bonchev–Trinajstić information content (AvgIpc) is 3.32. The summed E-state index contributed by atoms with van der Waals surface area (Å²) in [5.74, 6) is 0.951. The van der Waals surface area contributed by atoms with Crippen LogP contribution in [0.1, 0.15) is 0 Å². The van der Waals surface area contributed by atoms with Gasteiger partial charge in [-0.25, -0.2) is 4.98 Å². The lowest BCUT2D eigenvalue weighted by molar-refractivity contribution is 0.917. The molecule has 8 nitrogen and oxygen atoms in total. The van der Waals surface area contributed by atoms with Crippen LogP contribution in [0.4, 0.5) is 0 Å². The molecule has 1 aromatic carbocycles. The van der Waals surface area contributed by atoms with Crippen LogP contribution in [0, 0.1) is 0 Å². The topological polar surface area (TPSA) is 93.8 Å². The summed E-state index contributed by atoms with van der Waals surface area (Å²) >= 11 is 6.41. The number of fused-ring (bicyclic) bond motifs is 2. The van der Waals surface area contributed by atoms with E-state index in [4.69, 9.17) is 11.6 Å². The molecule has 0 bridgehead atoms. The van der Waals surface area contributed by atoms with Crippen LogP contribution < -0.4 is 5.56 Å². The summed E-state index contributed by atoms with van der Waals surface area (Å²) in [6.07, 6.45) is 4.63. The van der Waals surface area contributed by atoms with Crippen molar-refractivity contribution < 1.29 is 0 Å². The summed E-state index contributed by atoms with van der Waals surface area (Å²) in [6.45, 7) is 0. The second kappa shape index (κ2) is 5.50. The van der Waals surface area contributed by atoms with E-state index < -0.39 is 0 Å². The molecule has 9 heteroatoms. The third-order valence-electron chi connectivity index (χ3n) is 4.14. The molecule has 0 aliphatic heterocycles. The Labute approximate surface area is 150 Å². The minimum Gasteiger partial charge on any atom is -0.268 e. The molecule has 0 saturated heterocycles. The molecule has 4 heterocycles. The minimum atomic E-state index is -0.258. The summed E-state index contributed by atoms with van der Waals surface area (Å²) in [4.78, 5) is 21.9. The first kappa shape index (κ1) is 14.8. The van der Waals surface area contributed by atoms with Gasteiger partial charge in [0, 0.05) is 22.8 Å². The number of nitrogens with one attached hydrogen (secondary N) is 1. The van der Waals surface area contributed by atoms with Crippen LogP contribution in [-0.2, 0) is 0 Å². The van der Waals surface area contributed by atoms with Gasteiger partial charge in [-0.15, -0.1) is 0 Å². The van der Waals surface area contributed by atoms with Crippen molar-refractivity contribution in [3.05, 3.63) is 70.5 Å². The quantitative estimate of drug-likeness (QED) is 0.520. The molecule has 4 aromatic heterocycles. The first-order chi connectivity index (χ1) is 12.7. The van der Waals surface area contributed by atoms with E-state index in [1.807, 2.05) is 18.2 Å². The maximum atomic E-state index is 13.3. The Balaban J connectivity index is 1.99. The molecule has 5 aromatic rings. The van der Waals surface area contributed by atoms with Crippen LogP contribution in [0.15, 0.2) is 59.9 Å². The number of nitrogens with zero attached hydrogens (tertiary/aromatic N) is 6. The molecule has 126 valence electrons. The lowest BCUT2D eigenvalue weighted by Crippen LogP contribution is -2.20. The Morgan fingerprint density at radius 1 is 1.12 bits per heavy atom. The number of H-pyrrole nitrogens is 1. The maximum Gasteiger partial charge on any atom is 0.267 e. The second-order valence-electron chi connectivity index (χ2n) is 5.61. The molecule has 0 aliphatic rings. The summed E-state index contributed by atoms with van der Waals surface area (Å²) in [7, 11) is 0. The fourth-order valence-electron chi connectivity index (χ4n) is 3.00. The number of hydrogen-bond acceptors (Lipinski definition) is 5. The zero-order valence-corrected chi connectivity index (χ0v) is 13.9. The largest absolute Gasteiger partial charge is 0.268 e. The van der Waals surface area contributed by atoms with Gasteiger partial charge < -0.3 is 0 Å². The van der Waals surface area contributed by atoms with Gasteiger partial charge in [-0.3, -0.25) is 14.5 Å². The molecular weight excluding hydrogens is 354 g/mol. The van der Waals surface area contributed by atoms with Crippen molar-refractivity contribution in [2.75, 3.05) is 0 Å². The van der Waals surface area contributed by atoms with E-state index in [0.717, 1.165) is 0 Å². The van der Waals surface area contributed by atoms with Crippen molar-refractivity contribution in [1.29, 1.82) is 0 Å². The van der Waals surface area contributed by atoms with Crippen LogP contribution in [0.2, 0.25) is 5.02 Å². The molecule has 0 fully saturated rings. The van der Waals surface area contributed by atoms with Gasteiger partial charge in [-0.05, 0) is 12.1 Å². The van der Waals surface area contributed by atoms with Gasteiger partial charge in [0.1, 0.15) is 12.1 Å². The minimum absolute atomic E-state index is 0.258. The Bertz CT molecular complexity index is 1320. The van der Waals surface area contributed by atoms with Gasteiger partial charge in [0.15, 0.2) is 0 Å². The zero-order valence-electron chi connectivity index (χ0n) is 13.2. The standard InChI is InChI=1S/C17H10ClN7O/c18-11-4-2-1-3-10(11)15-14-12(22-17-19-9-21-25(15)17)6-8-24(16(14)26)13-5-7-20-23-13/h1-9H,(H,20,23). The number of aromatic amines is 1. The molecule has 0 saturated carbocycles. The van der Waals surface area contributed by atoms with Crippen molar-refractivity contribution in [1.82, 2.24) is 34.3 Å². The first-order valence-corrected chi connectivity index (χ1v) is 8.11. The molecule has 0 atom stereocenters. The molecule has 1 N–H and O–H groups in total. The number of pyridine rings is 1. The molecule has 26 heavy (non-hydrogen) atoms. The highest BCUT2D eigenvalue weighted by molar-refractivity contribution is 6.33. The lowest BCUT2D eigenvalue weighted by atomic mass is 10.1. The van der Waals surface area contributed by atoms with Crippen molar-refractivity contribution in [2.24, 2.45) is 0 Å².